The van der Waals surface area contributed by atoms with Crippen LogP contribution in [0.1, 0.15) is 83.1 Å². The largest absolute Gasteiger partial charge is 0.379 e. The molecule has 0 spiro atoms. The van der Waals surface area contributed by atoms with Gasteiger partial charge in [0.15, 0.2) is 0 Å². The van der Waals surface area contributed by atoms with Crippen molar-refractivity contribution in [2.75, 3.05) is 32.8 Å². The summed E-state index contributed by atoms with van der Waals surface area (Å²) in [6.07, 6.45) is 16.8. The maximum absolute atomic E-state index is 5.47. The predicted octanol–water partition coefficient (Wildman–Crippen LogP) is 6.49. The minimum Gasteiger partial charge on any atom is -0.379 e. The third kappa shape index (κ3) is 10.9. The van der Waals surface area contributed by atoms with Crippen LogP contribution in [0.25, 0.3) is 0 Å². The van der Waals surface area contributed by atoms with Gasteiger partial charge in [-0.15, -0.1) is 0 Å². The van der Waals surface area contributed by atoms with Crippen molar-refractivity contribution in [1.29, 1.82) is 0 Å². The smallest absolute Gasteiger partial charge is 0.0594 e. The van der Waals surface area contributed by atoms with Crippen molar-refractivity contribution in [3.63, 3.8) is 0 Å². The molecule has 0 bridgehead atoms. The first-order chi connectivity index (χ1) is 13.4. The molecule has 154 valence electrons. The summed E-state index contributed by atoms with van der Waals surface area (Å²) in [6.45, 7) is 7.65. The Morgan fingerprint density at radius 1 is 0.815 bits per heavy atom. The highest BCUT2D eigenvalue weighted by Crippen LogP contribution is 2.22. The van der Waals surface area contributed by atoms with Crippen molar-refractivity contribution in [3.05, 3.63) is 35.9 Å². The molecule has 0 N–H and O–H groups in total. The van der Waals surface area contributed by atoms with Crippen molar-refractivity contribution in [3.8, 4) is 0 Å². The first-order valence-corrected chi connectivity index (χ1v) is 11.7. The quantitative estimate of drug-likeness (QED) is 0.326. The predicted molar refractivity (Wildman–Crippen MR) is 117 cm³/mol. The van der Waals surface area contributed by atoms with Gasteiger partial charge >= 0.3 is 0 Å². The molecule has 0 amide bonds. The van der Waals surface area contributed by atoms with Crippen LogP contribution in [0.4, 0.5) is 0 Å². The molecule has 1 unspecified atom stereocenters. The minimum absolute atomic E-state index is 0.855. The van der Waals surface area contributed by atoms with E-state index in [1.165, 1.54) is 89.2 Å². The fourth-order valence-electron chi connectivity index (χ4n) is 4.29. The van der Waals surface area contributed by atoms with Gasteiger partial charge < -0.3 is 4.74 Å². The van der Waals surface area contributed by atoms with E-state index in [2.05, 4.69) is 42.2 Å². The molecule has 0 radical (unpaired) electrons. The van der Waals surface area contributed by atoms with Crippen molar-refractivity contribution in [1.82, 2.24) is 4.90 Å². The van der Waals surface area contributed by atoms with E-state index in [0.29, 0.717) is 0 Å². The van der Waals surface area contributed by atoms with Crippen LogP contribution in [0.3, 0.4) is 0 Å². The Bertz CT molecular complexity index is 441. The number of hydrogen-bond donors (Lipinski definition) is 0. The molecule has 2 heteroatoms. The zero-order valence-electron chi connectivity index (χ0n) is 17.8. The van der Waals surface area contributed by atoms with Crippen LogP contribution in [0.5, 0.6) is 0 Å². The maximum Gasteiger partial charge on any atom is 0.0594 e. The molecule has 1 fully saturated rings. The molecule has 0 saturated carbocycles. The highest BCUT2D eigenvalue weighted by atomic mass is 16.5. The standard InChI is InChI=1S/C25H43NO/c1-2-3-4-5-6-7-8-10-14-25(23-24-15-11-9-12-16-24)17-13-18-26-19-21-27-22-20-26/h9,11-12,15-16,25H,2-8,10,13-14,17-23H2,1H3. The van der Waals surface area contributed by atoms with Gasteiger partial charge in [0, 0.05) is 13.1 Å². The van der Waals surface area contributed by atoms with Crippen LogP contribution >= 0.6 is 0 Å². The van der Waals surface area contributed by atoms with E-state index in [1.54, 1.807) is 0 Å². The van der Waals surface area contributed by atoms with Crippen molar-refractivity contribution in [2.45, 2.75) is 84.0 Å². The minimum atomic E-state index is 0.855. The molecule has 2 nitrogen and oxygen atoms in total. The SMILES string of the molecule is CCCCCCCCCCC(CCCN1CCOCC1)Cc1ccccc1. The van der Waals surface area contributed by atoms with Gasteiger partial charge in [-0.05, 0) is 37.3 Å². The van der Waals surface area contributed by atoms with E-state index in [4.69, 9.17) is 4.74 Å². The van der Waals surface area contributed by atoms with E-state index in [1.807, 2.05) is 0 Å². The Labute approximate surface area is 168 Å². The van der Waals surface area contributed by atoms with Crippen LogP contribution in [0.2, 0.25) is 0 Å². The number of nitrogens with zero attached hydrogens (tertiary/aromatic N) is 1. The Morgan fingerprint density at radius 3 is 2.15 bits per heavy atom. The second-order valence-corrected chi connectivity index (χ2v) is 8.42. The first-order valence-electron chi connectivity index (χ1n) is 11.7. The lowest BCUT2D eigenvalue weighted by molar-refractivity contribution is 0.0366. The van der Waals surface area contributed by atoms with Gasteiger partial charge in [-0.3, -0.25) is 4.90 Å². The highest BCUT2D eigenvalue weighted by molar-refractivity contribution is 5.15. The van der Waals surface area contributed by atoms with Crippen molar-refractivity contribution < 1.29 is 4.74 Å². The van der Waals surface area contributed by atoms with E-state index >= 15 is 0 Å². The molecule has 1 heterocycles. The Morgan fingerprint density at radius 2 is 1.44 bits per heavy atom. The average Bonchev–Trinajstić information content (AvgIpc) is 2.71. The van der Waals surface area contributed by atoms with Gasteiger partial charge in [-0.25, -0.2) is 0 Å². The van der Waals surface area contributed by atoms with Gasteiger partial charge in [0.2, 0.25) is 0 Å². The third-order valence-corrected chi connectivity index (χ3v) is 6.02. The van der Waals surface area contributed by atoms with E-state index < -0.39 is 0 Å². The topological polar surface area (TPSA) is 12.5 Å². The molecular weight excluding hydrogens is 330 g/mol. The summed E-state index contributed by atoms with van der Waals surface area (Å²) >= 11 is 0. The molecule has 1 aliphatic heterocycles. The molecule has 1 aromatic carbocycles. The molecular formula is C25H43NO. The average molecular weight is 374 g/mol. The van der Waals surface area contributed by atoms with E-state index in [0.717, 1.165) is 32.2 Å². The summed E-state index contributed by atoms with van der Waals surface area (Å²) in [5.74, 6) is 0.855. The Balaban J connectivity index is 1.64. The van der Waals surface area contributed by atoms with E-state index in [9.17, 15) is 0 Å². The van der Waals surface area contributed by atoms with Gasteiger partial charge in [-0.1, -0.05) is 95.0 Å². The summed E-state index contributed by atoms with van der Waals surface area (Å²) in [5.41, 5.74) is 1.52. The zero-order chi connectivity index (χ0) is 19.0. The number of benzene rings is 1. The summed E-state index contributed by atoms with van der Waals surface area (Å²) in [6, 6.07) is 11.1. The normalized spacial score (nSPS) is 16.5. The molecule has 0 aliphatic carbocycles. The van der Waals surface area contributed by atoms with Gasteiger partial charge in [0.25, 0.3) is 0 Å². The number of morpholine rings is 1. The lowest BCUT2D eigenvalue weighted by atomic mass is 9.89. The Kier molecular flexibility index (Phi) is 12.6. The Hall–Kier alpha value is -0.860. The summed E-state index contributed by atoms with van der Waals surface area (Å²) < 4.78 is 5.47. The van der Waals surface area contributed by atoms with Crippen LogP contribution in [-0.2, 0) is 11.2 Å². The summed E-state index contributed by atoms with van der Waals surface area (Å²) in [5, 5.41) is 0. The van der Waals surface area contributed by atoms with Crippen LogP contribution in [-0.4, -0.2) is 37.7 Å². The van der Waals surface area contributed by atoms with Gasteiger partial charge in [-0.2, -0.15) is 0 Å². The van der Waals surface area contributed by atoms with Crippen molar-refractivity contribution >= 4 is 0 Å². The fraction of sp³-hybridized carbons (Fsp3) is 0.760. The van der Waals surface area contributed by atoms with E-state index in [-0.39, 0.29) is 0 Å². The summed E-state index contributed by atoms with van der Waals surface area (Å²) in [4.78, 5) is 2.58. The molecule has 27 heavy (non-hydrogen) atoms. The zero-order valence-corrected chi connectivity index (χ0v) is 17.8. The molecule has 1 aliphatic rings. The van der Waals surface area contributed by atoms with Crippen LogP contribution in [0, 0.1) is 5.92 Å². The molecule has 1 aromatic rings. The van der Waals surface area contributed by atoms with Gasteiger partial charge in [0.05, 0.1) is 13.2 Å². The van der Waals surface area contributed by atoms with Crippen LogP contribution in [0.15, 0.2) is 30.3 Å². The number of ether oxygens (including phenoxy) is 1. The number of hydrogen-bond acceptors (Lipinski definition) is 2. The van der Waals surface area contributed by atoms with Crippen LogP contribution < -0.4 is 0 Å². The lowest BCUT2D eigenvalue weighted by Crippen LogP contribution is -2.36. The lowest BCUT2D eigenvalue weighted by Gasteiger charge is -2.27. The molecule has 1 saturated heterocycles. The molecule has 2 rings (SSSR count). The number of rotatable bonds is 15. The van der Waals surface area contributed by atoms with Crippen molar-refractivity contribution in [2.24, 2.45) is 5.92 Å². The van der Waals surface area contributed by atoms with Gasteiger partial charge in [0.1, 0.15) is 0 Å². The maximum atomic E-state index is 5.47. The monoisotopic (exact) mass is 373 g/mol. The third-order valence-electron chi connectivity index (χ3n) is 6.02. The summed E-state index contributed by atoms with van der Waals surface area (Å²) in [7, 11) is 0. The molecule has 0 aromatic heterocycles. The second-order valence-electron chi connectivity index (χ2n) is 8.42. The number of unbranched alkanes of at least 4 members (excludes halogenated alkanes) is 7. The molecule has 1 atom stereocenters. The fourth-order valence-corrected chi connectivity index (χ4v) is 4.29. The first kappa shape index (κ1) is 22.4. The second kappa shape index (κ2) is 15.1. The highest BCUT2D eigenvalue weighted by Gasteiger charge is 2.13.